The van der Waals surface area contributed by atoms with Gasteiger partial charge in [0, 0.05) is 32.2 Å². The Balaban J connectivity index is 0.000000441. The summed E-state index contributed by atoms with van der Waals surface area (Å²) in [5, 5.41) is 3.22. The molecule has 0 unspecified atom stereocenters. The Morgan fingerprint density at radius 3 is 2.41 bits per heavy atom. The largest absolute Gasteiger partial charge is 0.482 e. The number of anilines is 1. The van der Waals surface area contributed by atoms with Crippen LogP contribution in [0.2, 0.25) is 0 Å². The van der Waals surface area contributed by atoms with Crippen LogP contribution in [0.25, 0.3) is 0 Å². The molecule has 1 saturated heterocycles. The first-order valence-electron chi connectivity index (χ1n) is 9.21. The predicted octanol–water partition coefficient (Wildman–Crippen LogP) is 3.48. The van der Waals surface area contributed by atoms with Crippen molar-refractivity contribution in [3.05, 3.63) is 48.7 Å². The van der Waals surface area contributed by atoms with E-state index in [0.717, 1.165) is 26.2 Å². The van der Waals surface area contributed by atoms with Gasteiger partial charge in [0.25, 0.3) is 0 Å². The number of furan rings is 1. The zero-order valence-electron chi connectivity index (χ0n) is 16.2. The highest BCUT2D eigenvalue weighted by Crippen LogP contribution is 2.24. The second-order valence-electron chi connectivity index (χ2n) is 5.24. The van der Waals surface area contributed by atoms with E-state index in [2.05, 4.69) is 9.73 Å². The zero-order valence-corrected chi connectivity index (χ0v) is 16.2. The molecule has 1 aromatic heterocycles. The van der Waals surface area contributed by atoms with E-state index < -0.39 is 5.97 Å². The number of esters is 1. The summed E-state index contributed by atoms with van der Waals surface area (Å²) in [5.74, 6) is -0.471. The van der Waals surface area contributed by atoms with E-state index in [4.69, 9.17) is 9.47 Å². The summed E-state index contributed by atoms with van der Waals surface area (Å²) in [7, 11) is 0. The molecule has 0 saturated carbocycles. The lowest BCUT2D eigenvalue weighted by Gasteiger charge is -2.29. The molecule has 150 valence electrons. The lowest BCUT2D eigenvalue weighted by Crippen LogP contribution is -2.43. The second kappa shape index (κ2) is 13.6. The maximum atomic E-state index is 14.0. The molecule has 2 aromatic rings. The van der Waals surface area contributed by atoms with Gasteiger partial charge in [-0.3, -0.25) is 0 Å². The summed E-state index contributed by atoms with van der Waals surface area (Å²) >= 11 is 0. The van der Waals surface area contributed by atoms with Crippen LogP contribution in [0.3, 0.4) is 0 Å². The summed E-state index contributed by atoms with van der Waals surface area (Å²) < 4.78 is 28.6. The van der Waals surface area contributed by atoms with Crippen LogP contribution in [-0.4, -0.2) is 45.4 Å². The van der Waals surface area contributed by atoms with Crippen molar-refractivity contribution in [1.82, 2.24) is 5.32 Å². The van der Waals surface area contributed by atoms with Crippen molar-refractivity contribution in [1.29, 1.82) is 0 Å². The van der Waals surface area contributed by atoms with Gasteiger partial charge in [-0.25, -0.2) is 9.18 Å². The smallest absolute Gasteiger partial charge is 0.344 e. The third-order valence-electron chi connectivity index (χ3n) is 3.46. The Hall–Kier alpha value is -2.54. The molecular weight excluding hydrogens is 351 g/mol. The Labute approximate surface area is 160 Å². The van der Waals surface area contributed by atoms with Gasteiger partial charge in [-0.15, -0.1) is 0 Å². The van der Waals surface area contributed by atoms with Crippen LogP contribution in [0.5, 0.6) is 5.75 Å². The van der Waals surface area contributed by atoms with Gasteiger partial charge >= 0.3 is 5.97 Å². The van der Waals surface area contributed by atoms with Crippen molar-refractivity contribution in [3.63, 3.8) is 0 Å². The molecule has 0 atom stereocenters. The summed E-state index contributed by atoms with van der Waals surface area (Å²) in [5.41, 5.74) is 0.565. The van der Waals surface area contributed by atoms with E-state index in [9.17, 15) is 9.18 Å². The number of hydrogen-bond acceptors (Lipinski definition) is 6. The summed E-state index contributed by atoms with van der Waals surface area (Å²) in [6.07, 6.45) is 3.25. The number of hydrogen-bond donors (Lipinski definition) is 1. The van der Waals surface area contributed by atoms with Crippen molar-refractivity contribution >= 4 is 11.7 Å². The topological polar surface area (TPSA) is 63.9 Å². The van der Waals surface area contributed by atoms with Crippen molar-refractivity contribution in [2.24, 2.45) is 0 Å². The van der Waals surface area contributed by atoms with Crippen LogP contribution < -0.4 is 15.0 Å². The van der Waals surface area contributed by atoms with Gasteiger partial charge in [0.05, 0.1) is 24.8 Å². The van der Waals surface area contributed by atoms with Crippen molar-refractivity contribution in [3.8, 4) is 5.75 Å². The fourth-order valence-corrected chi connectivity index (χ4v) is 2.31. The Kier molecular flexibility index (Phi) is 11.4. The van der Waals surface area contributed by atoms with Crippen LogP contribution in [0.1, 0.15) is 20.8 Å². The van der Waals surface area contributed by atoms with Crippen LogP contribution in [0, 0.1) is 5.82 Å². The molecule has 0 aliphatic carbocycles. The Morgan fingerprint density at radius 2 is 1.89 bits per heavy atom. The minimum atomic E-state index is -0.459. The molecule has 0 radical (unpaired) electrons. The Bertz CT molecular complexity index is 612. The van der Waals surface area contributed by atoms with Gasteiger partial charge in [0.15, 0.2) is 6.61 Å². The van der Waals surface area contributed by atoms with Crippen LogP contribution in [0.4, 0.5) is 10.1 Å². The van der Waals surface area contributed by atoms with E-state index in [1.165, 1.54) is 6.07 Å². The molecule has 2 heterocycles. The number of carbonyl (C=O) groups excluding carboxylic acids is 1. The van der Waals surface area contributed by atoms with Gasteiger partial charge in [0.1, 0.15) is 11.6 Å². The second-order valence-corrected chi connectivity index (χ2v) is 5.24. The van der Waals surface area contributed by atoms with Crippen molar-refractivity contribution < 1.29 is 23.1 Å². The third kappa shape index (κ3) is 8.59. The molecule has 27 heavy (non-hydrogen) atoms. The molecule has 1 aliphatic rings. The molecule has 3 rings (SSSR count). The molecule has 1 aromatic carbocycles. The normalized spacial score (nSPS) is 12.8. The predicted molar refractivity (Wildman–Crippen MR) is 104 cm³/mol. The summed E-state index contributed by atoms with van der Waals surface area (Å²) in [4.78, 5) is 13.1. The highest BCUT2D eigenvalue weighted by Gasteiger charge is 2.15. The number of benzene rings is 1. The average molecular weight is 380 g/mol. The highest BCUT2D eigenvalue weighted by molar-refractivity contribution is 5.71. The Morgan fingerprint density at radius 1 is 1.22 bits per heavy atom. The molecular formula is C20H29FN2O4. The quantitative estimate of drug-likeness (QED) is 0.801. The first-order chi connectivity index (χ1) is 13.2. The van der Waals surface area contributed by atoms with E-state index in [1.54, 1.807) is 31.6 Å². The number of rotatable bonds is 5. The summed E-state index contributed by atoms with van der Waals surface area (Å²) in [6.45, 7) is 9.07. The van der Waals surface area contributed by atoms with E-state index in [-0.39, 0.29) is 12.4 Å². The average Bonchev–Trinajstić information content (AvgIpc) is 3.29. The number of nitrogens with one attached hydrogen (secondary N) is 1. The van der Waals surface area contributed by atoms with Gasteiger partial charge in [-0.1, -0.05) is 13.8 Å². The first kappa shape index (κ1) is 22.5. The van der Waals surface area contributed by atoms with E-state index >= 15 is 0 Å². The first-order valence-corrected chi connectivity index (χ1v) is 9.21. The molecule has 7 heteroatoms. The molecule has 0 bridgehead atoms. The lowest BCUT2D eigenvalue weighted by atomic mass is 10.2. The minimum absolute atomic E-state index is 0.208. The summed E-state index contributed by atoms with van der Waals surface area (Å²) in [6, 6.07) is 8.32. The minimum Gasteiger partial charge on any atom is -0.482 e. The van der Waals surface area contributed by atoms with Gasteiger partial charge in [0.2, 0.25) is 0 Å². The van der Waals surface area contributed by atoms with Crippen molar-refractivity contribution in [2.45, 2.75) is 20.8 Å². The fourth-order valence-electron chi connectivity index (χ4n) is 2.31. The standard InChI is InChI=1S/C14H19FN2O3.C4H4O.C2H6/c1-2-19-14(18)10-20-11-3-4-13(12(15)9-11)17-7-5-16-6-8-17;1-2-4-5-3-1;1-2/h3-4,9,16H,2,5-8,10H2,1H3;1-4H;1-2H3. The lowest BCUT2D eigenvalue weighted by molar-refractivity contribution is -0.145. The third-order valence-corrected chi connectivity index (χ3v) is 3.46. The highest BCUT2D eigenvalue weighted by atomic mass is 19.1. The fraction of sp³-hybridized carbons (Fsp3) is 0.450. The van der Waals surface area contributed by atoms with Gasteiger partial charge < -0.3 is 24.1 Å². The zero-order chi connectivity index (χ0) is 19.9. The number of halogens is 1. The van der Waals surface area contributed by atoms with Gasteiger partial charge in [-0.2, -0.15) is 0 Å². The molecule has 0 spiro atoms. The number of piperazine rings is 1. The molecule has 1 N–H and O–H groups in total. The molecule has 0 amide bonds. The number of ether oxygens (including phenoxy) is 2. The van der Waals surface area contributed by atoms with E-state index in [0.29, 0.717) is 18.0 Å². The molecule has 1 fully saturated rings. The van der Waals surface area contributed by atoms with Crippen LogP contribution >= 0.6 is 0 Å². The van der Waals surface area contributed by atoms with E-state index in [1.807, 2.05) is 30.9 Å². The molecule has 1 aliphatic heterocycles. The maximum Gasteiger partial charge on any atom is 0.344 e. The number of nitrogens with zero attached hydrogens (tertiary/aromatic N) is 1. The molecule has 6 nitrogen and oxygen atoms in total. The maximum absolute atomic E-state index is 14.0. The van der Waals surface area contributed by atoms with Gasteiger partial charge in [-0.05, 0) is 31.2 Å². The monoisotopic (exact) mass is 380 g/mol. The number of carbonyl (C=O) groups is 1. The van der Waals surface area contributed by atoms with Crippen LogP contribution in [0.15, 0.2) is 47.3 Å². The van der Waals surface area contributed by atoms with Crippen molar-refractivity contribution in [2.75, 3.05) is 44.3 Å². The SMILES string of the molecule is CC.CCOC(=O)COc1ccc(N2CCNCC2)c(F)c1.c1ccoc1. The van der Waals surface area contributed by atoms with Crippen LogP contribution in [-0.2, 0) is 9.53 Å².